The first-order chi connectivity index (χ1) is 29.9. The van der Waals surface area contributed by atoms with E-state index < -0.39 is 11.7 Å². The van der Waals surface area contributed by atoms with Crippen molar-refractivity contribution in [1.29, 1.82) is 0 Å². The van der Waals surface area contributed by atoms with Crippen LogP contribution in [0.15, 0.2) is 103 Å². The van der Waals surface area contributed by atoms with Crippen LogP contribution in [0.2, 0.25) is 0 Å². The van der Waals surface area contributed by atoms with Crippen LogP contribution >= 0.6 is 12.4 Å². The van der Waals surface area contributed by atoms with E-state index in [1.807, 2.05) is 42.5 Å². The van der Waals surface area contributed by atoms with Gasteiger partial charge in [0, 0.05) is 30.2 Å². The number of ether oxygens (including phenoxy) is 2. The molecule has 0 aliphatic heterocycles. The Balaban J connectivity index is 0.000000307. The number of anilines is 1. The zero-order valence-electron chi connectivity index (χ0n) is 34.4. The highest BCUT2D eigenvalue weighted by molar-refractivity contribution is 5.94. The van der Waals surface area contributed by atoms with Gasteiger partial charge in [-0.3, -0.25) is 39.4 Å². The molecule has 6 aromatic rings. The Labute approximate surface area is 367 Å². The lowest BCUT2D eigenvalue weighted by atomic mass is 10.1. The number of H-pyrrole nitrogens is 2. The minimum absolute atomic E-state index is 0. The van der Waals surface area contributed by atoms with Gasteiger partial charge in [0.25, 0.3) is 17.7 Å². The predicted octanol–water partition coefficient (Wildman–Crippen LogP) is 4.66. The molecule has 17 nitrogen and oxygen atoms in total. The molecular weight excluding hydrogens is 844 g/mol. The molecule has 6 rings (SSSR count). The summed E-state index contributed by atoms with van der Waals surface area (Å²) in [6, 6.07) is 28.1. The van der Waals surface area contributed by atoms with E-state index >= 15 is 0 Å². The average molecular weight is 892 g/mol. The average Bonchev–Trinajstić information content (AvgIpc) is 3.97. The lowest BCUT2D eigenvalue weighted by molar-refractivity contribution is -0.143. The highest BCUT2D eigenvalue weighted by Crippen LogP contribution is 2.20. The van der Waals surface area contributed by atoms with Crippen LogP contribution in [-0.4, -0.2) is 82.1 Å². The van der Waals surface area contributed by atoms with Gasteiger partial charge in [-0.15, -0.1) is 12.4 Å². The first-order valence-electron chi connectivity index (χ1n) is 19.1. The third-order valence-corrected chi connectivity index (χ3v) is 8.65. The predicted molar refractivity (Wildman–Crippen MR) is 231 cm³/mol. The summed E-state index contributed by atoms with van der Waals surface area (Å²) in [7, 11) is 1.30. The van der Waals surface area contributed by atoms with Gasteiger partial charge in [0.05, 0.1) is 56.9 Å². The van der Waals surface area contributed by atoms with Crippen LogP contribution in [0.3, 0.4) is 0 Å². The standard InChI is InChI=1S/C24H22FN5O3.C16H18FN3O3.C3H7NO2.ClH/c25-20-9-7-18(8-10-20)24(32)26-13-21-12-22(28-27-21)30(15-23(31)29-33)14-16-5-6-17-3-1-2-4-19(17)11-16;1-2-23-15(21)8-7-13-9-14(20-19-13)10-18-16(22)11-3-5-12(17)6-4-11;1-6-3(5)2-4;/h1-12,33H,13-15H2,(H,26,32)(H,27,28)(H,29,31);3-6,9H,2,7-8,10H2,1H3,(H,18,22)(H,19,20);2,4H2,1H3;1H. The largest absolute Gasteiger partial charge is 0.468 e. The van der Waals surface area contributed by atoms with Crippen LogP contribution in [-0.2, 0) is 49.9 Å². The van der Waals surface area contributed by atoms with Gasteiger partial charge >= 0.3 is 11.9 Å². The minimum Gasteiger partial charge on any atom is -0.468 e. The number of nitrogens with one attached hydrogen (secondary N) is 5. The van der Waals surface area contributed by atoms with E-state index in [4.69, 9.17) is 15.7 Å². The number of amides is 3. The maximum absolute atomic E-state index is 13.0. The highest BCUT2D eigenvalue weighted by Gasteiger charge is 2.16. The van der Waals surface area contributed by atoms with Crippen LogP contribution in [0, 0.1) is 11.6 Å². The van der Waals surface area contributed by atoms with Crippen molar-refractivity contribution in [2.45, 2.75) is 39.4 Å². The second-order valence-corrected chi connectivity index (χ2v) is 13.2. The topological polar surface area (TPSA) is 247 Å². The fourth-order valence-corrected chi connectivity index (χ4v) is 5.52. The molecule has 2 aromatic heterocycles. The summed E-state index contributed by atoms with van der Waals surface area (Å²) < 4.78 is 34.8. The number of nitrogens with zero attached hydrogens (tertiary/aromatic N) is 3. The number of carbonyl (C=O) groups is 5. The molecule has 8 N–H and O–H groups in total. The number of benzene rings is 4. The second-order valence-electron chi connectivity index (χ2n) is 13.2. The maximum Gasteiger partial charge on any atom is 0.319 e. The molecule has 0 fully saturated rings. The van der Waals surface area contributed by atoms with E-state index in [9.17, 15) is 32.8 Å². The lowest BCUT2D eigenvalue weighted by Crippen LogP contribution is -2.35. The molecule has 334 valence electrons. The van der Waals surface area contributed by atoms with Gasteiger partial charge in [0.1, 0.15) is 18.2 Å². The Morgan fingerprint density at radius 2 is 1.33 bits per heavy atom. The normalized spacial score (nSPS) is 10.1. The van der Waals surface area contributed by atoms with Crippen molar-refractivity contribution in [3.8, 4) is 0 Å². The number of methoxy groups -OCH3 is 1. The number of halogens is 3. The van der Waals surface area contributed by atoms with Crippen molar-refractivity contribution in [3.05, 3.63) is 149 Å². The number of aryl methyl sites for hydroxylation is 1. The number of hydrogen-bond acceptors (Lipinski definition) is 12. The molecule has 0 saturated carbocycles. The van der Waals surface area contributed by atoms with E-state index in [0.29, 0.717) is 42.2 Å². The Kier molecular flexibility index (Phi) is 20.8. The molecule has 0 aliphatic rings. The maximum atomic E-state index is 13.0. The quantitative estimate of drug-likeness (QED) is 0.0399. The Bertz CT molecular complexity index is 2390. The van der Waals surface area contributed by atoms with Crippen molar-refractivity contribution in [1.82, 2.24) is 36.5 Å². The van der Waals surface area contributed by atoms with Crippen LogP contribution < -0.4 is 26.7 Å². The zero-order valence-corrected chi connectivity index (χ0v) is 35.2. The number of nitrogens with two attached hydrogens (primary N) is 1. The Morgan fingerprint density at radius 3 is 1.87 bits per heavy atom. The molecular formula is C43H48ClF2N9O8. The van der Waals surface area contributed by atoms with Crippen molar-refractivity contribution in [2.24, 2.45) is 5.73 Å². The number of aromatic nitrogens is 4. The number of rotatable bonds is 16. The SMILES string of the molecule is CCOC(=O)CCc1cc(CNC(=O)c2ccc(F)cc2)[nH]n1.COC(=O)CN.Cl.O=C(CN(Cc1ccc2ccccc2c1)c1cc(CNC(=O)c2ccc(F)cc2)[nH]n1)NO. The molecule has 4 aromatic carbocycles. The van der Waals surface area contributed by atoms with Gasteiger partial charge in [-0.25, -0.2) is 14.3 Å². The fourth-order valence-electron chi connectivity index (χ4n) is 5.52. The van der Waals surface area contributed by atoms with E-state index in [0.717, 1.165) is 27.7 Å². The third-order valence-electron chi connectivity index (χ3n) is 8.65. The summed E-state index contributed by atoms with van der Waals surface area (Å²) in [6.07, 6.45) is 0.737. The smallest absolute Gasteiger partial charge is 0.319 e. The lowest BCUT2D eigenvalue weighted by Gasteiger charge is -2.21. The summed E-state index contributed by atoms with van der Waals surface area (Å²) >= 11 is 0. The Hall–Kier alpha value is -7.22. The molecule has 63 heavy (non-hydrogen) atoms. The van der Waals surface area contributed by atoms with Crippen LogP contribution in [0.1, 0.15) is 56.7 Å². The highest BCUT2D eigenvalue weighted by atomic mass is 35.5. The number of hydrogen-bond donors (Lipinski definition) is 7. The third kappa shape index (κ3) is 17.0. The summed E-state index contributed by atoms with van der Waals surface area (Å²) in [5, 5.41) is 30.6. The van der Waals surface area contributed by atoms with Crippen molar-refractivity contribution < 1.29 is 47.4 Å². The molecule has 0 spiro atoms. The van der Waals surface area contributed by atoms with Gasteiger partial charge in [-0.05, 0) is 83.9 Å². The molecule has 0 unspecified atom stereocenters. The van der Waals surface area contributed by atoms with Crippen LogP contribution in [0.4, 0.5) is 14.6 Å². The second kappa shape index (κ2) is 26.2. The molecule has 0 atom stereocenters. The minimum atomic E-state index is -0.579. The number of esters is 2. The molecule has 0 radical (unpaired) electrons. The van der Waals surface area contributed by atoms with E-state index in [1.165, 1.54) is 55.6 Å². The molecule has 0 aliphatic carbocycles. The molecule has 2 heterocycles. The number of carbonyl (C=O) groups excluding carboxylic acids is 5. The molecule has 0 bridgehead atoms. The van der Waals surface area contributed by atoms with Crippen molar-refractivity contribution in [3.63, 3.8) is 0 Å². The monoisotopic (exact) mass is 891 g/mol. The number of hydroxylamine groups is 1. The van der Waals surface area contributed by atoms with Crippen LogP contribution in [0.25, 0.3) is 10.8 Å². The van der Waals surface area contributed by atoms with Gasteiger partial charge in [-0.1, -0.05) is 36.4 Å². The van der Waals surface area contributed by atoms with Crippen molar-refractivity contribution >= 4 is 58.7 Å². The van der Waals surface area contributed by atoms with E-state index in [2.05, 4.69) is 35.8 Å². The fraction of sp³-hybridized carbons (Fsp3) is 0.233. The van der Waals surface area contributed by atoms with Gasteiger partial charge in [0.15, 0.2) is 5.82 Å². The van der Waals surface area contributed by atoms with Crippen molar-refractivity contribution in [2.75, 3.05) is 31.7 Å². The van der Waals surface area contributed by atoms with Gasteiger partial charge < -0.3 is 30.7 Å². The summed E-state index contributed by atoms with van der Waals surface area (Å²) in [6.45, 7) is 2.78. The molecule has 3 amide bonds. The summed E-state index contributed by atoms with van der Waals surface area (Å²) in [4.78, 5) is 58.8. The van der Waals surface area contributed by atoms with Crippen LogP contribution in [0.5, 0.6) is 0 Å². The molecule has 0 saturated heterocycles. The summed E-state index contributed by atoms with van der Waals surface area (Å²) in [5.41, 5.74) is 10.2. The van der Waals surface area contributed by atoms with E-state index in [-0.39, 0.29) is 74.6 Å². The number of aromatic amines is 2. The van der Waals surface area contributed by atoms with Gasteiger partial charge in [0.2, 0.25) is 0 Å². The first-order valence-corrected chi connectivity index (χ1v) is 19.1. The first kappa shape index (κ1) is 50.1. The van der Waals surface area contributed by atoms with Gasteiger partial charge in [-0.2, -0.15) is 10.2 Å². The molecule has 20 heteroatoms. The zero-order chi connectivity index (χ0) is 44.9. The number of fused-ring (bicyclic) bond motifs is 1. The summed E-state index contributed by atoms with van der Waals surface area (Å²) in [5.74, 6) is -2.18. The van der Waals surface area contributed by atoms with E-state index in [1.54, 1.807) is 29.4 Å². The Morgan fingerprint density at radius 1 is 0.762 bits per heavy atom.